The smallest absolute Gasteiger partial charge is 0.352 e. The van der Waals surface area contributed by atoms with Gasteiger partial charge in [-0.05, 0) is 35.4 Å². The van der Waals surface area contributed by atoms with Gasteiger partial charge in [-0.2, -0.15) is 0 Å². The number of hydrogen-bond donors (Lipinski definition) is 2. The van der Waals surface area contributed by atoms with Gasteiger partial charge >= 0.3 is 5.97 Å². The molecular weight excluding hydrogens is 226 g/mol. The molecule has 0 amide bonds. The Morgan fingerprint density at radius 1 is 1.22 bits per heavy atom. The van der Waals surface area contributed by atoms with E-state index in [-0.39, 0.29) is 0 Å². The molecule has 1 heterocycles. The van der Waals surface area contributed by atoms with Crippen LogP contribution in [-0.4, -0.2) is 16.1 Å². The summed E-state index contributed by atoms with van der Waals surface area (Å²) in [6.07, 6.45) is 1.02. The Hall–Kier alpha value is -2.03. The van der Waals surface area contributed by atoms with Crippen molar-refractivity contribution in [3.63, 3.8) is 0 Å². The van der Waals surface area contributed by atoms with E-state index in [0.717, 1.165) is 12.1 Å². The molecule has 3 nitrogen and oxygen atoms in total. The Bertz CT molecular complexity index is 629. The Kier molecular flexibility index (Phi) is 1.80. The van der Waals surface area contributed by atoms with Crippen LogP contribution in [0.4, 0.5) is 0 Å². The van der Waals surface area contributed by atoms with Gasteiger partial charge in [0.1, 0.15) is 5.69 Å². The fourth-order valence-electron chi connectivity index (χ4n) is 3.50. The predicted octanol–water partition coefficient (Wildman–Crippen LogP) is 2.77. The van der Waals surface area contributed by atoms with Crippen molar-refractivity contribution in [3.8, 4) is 0 Å². The van der Waals surface area contributed by atoms with Crippen molar-refractivity contribution in [2.24, 2.45) is 5.92 Å². The van der Waals surface area contributed by atoms with Crippen LogP contribution in [0.15, 0.2) is 36.4 Å². The molecule has 3 heteroatoms. The molecule has 1 aromatic heterocycles. The van der Waals surface area contributed by atoms with Crippen LogP contribution in [0.5, 0.6) is 0 Å². The molecule has 18 heavy (non-hydrogen) atoms. The largest absolute Gasteiger partial charge is 0.477 e. The summed E-state index contributed by atoms with van der Waals surface area (Å²) in [4.78, 5) is 14.0. The van der Waals surface area contributed by atoms with Crippen LogP contribution in [0.25, 0.3) is 0 Å². The van der Waals surface area contributed by atoms with Gasteiger partial charge in [0.2, 0.25) is 0 Å². The number of carboxylic acids is 1. The molecule has 1 fully saturated rings. The van der Waals surface area contributed by atoms with Crippen LogP contribution in [0.2, 0.25) is 0 Å². The summed E-state index contributed by atoms with van der Waals surface area (Å²) in [6.45, 7) is 0. The van der Waals surface area contributed by atoms with E-state index in [9.17, 15) is 4.79 Å². The summed E-state index contributed by atoms with van der Waals surface area (Å²) in [5, 5.41) is 8.99. The lowest BCUT2D eigenvalue weighted by Crippen LogP contribution is -1.96. The third kappa shape index (κ3) is 1.22. The van der Waals surface area contributed by atoms with Crippen LogP contribution < -0.4 is 0 Å². The number of benzene rings is 1. The highest BCUT2D eigenvalue weighted by molar-refractivity contribution is 5.86. The quantitative estimate of drug-likeness (QED) is 0.846. The molecule has 0 saturated heterocycles. The Balaban J connectivity index is 1.68. The number of hydrogen-bond acceptors (Lipinski definition) is 1. The van der Waals surface area contributed by atoms with Gasteiger partial charge in [-0.1, -0.05) is 30.3 Å². The minimum absolute atomic E-state index is 0.331. The van der Waals surface area contributed by atoms with Crippen molar-refractivity contribution in [1.82, 2.24) is 4.98 Å². The molecule has 2 aliphatic carbocycles. The maximum absolute atomic E-state index is 10.9. The van der Waals surface area contributed by atoms with E-state index in [1.54, 1.807) is 6.07 Å². The summed E-state index contributed by atoms with van der Waals surface area (Å²) >= 11 is 0. The Labute approximate surface area is 104 Å². The summed E-state index contributed by atoms with van der Waals surface area (Å²) in [5.41, 5.74) is 4.07. The first kappa shape index (κ1) is 9.95. The molecule has 2 aromatic rings. The Morgan fingerprint density at radius 2 is 2.00 bits per heavy atom. The van der Waals surface area contributed by atoms with Crippen LogP contribution >= 0.6 is 0 Å². The first-order chi connectivity index (χ1) is 8.75. The number of carbonyl (C=O) groups is 1. The molecule has 0 bridgehead atoms. The normalized spacial score (nSPS) is 27.7. The second-order valence-corrected chi connectivity index (χ2v) is 5.26. The molecule has 2 N–H and O–H groups in total. The first-order valence-electron chi connectivity index (χ1n) is 6.25. The molecule has 2 aliphatic rings. The molecule has 0 aliphatic heterocycles. The third-order valence-electron chi connectivity index (χ3n) is 4.31. The van der Waals surface area contributed by atoms with Gasteiger partial charge in [0.15, 0.2) is 0 Å². The molecule has 1 aromatic carbocycles. The lowest BCUT2D eigenvalue weighted by molar-refractivity contribution is 0.0691. The lowest BCUT2D eigenvalue weighted by Gasteiger charge is -2.03. The van der Waals surface area contributed by atoms with E-state index in [2.05, 4.69) is 29.2 Å². The van der Waals surface area contributed by atoms with Gasteiger partial charge in [-0.25, -0.2) is 4.79 Å². The van der Waals surface area contributed by atoms with Crippen LogP contribution in [0, 0.1) is 5.92 Å². The highest BCUT2D eigenvalue weighted by atomic mass is 16.4. The second kappa shape index (κ2) is 3.25. The van der Waals surface area contributed by atoms with Crippen molar-refractivity contribution in [3.05, 3.63) is 58.9 Å². The van der Waals surface area contributed by atoms with Crippen LogP contribution in [0.1, 0.15) is 39.1 Å². The number of nitrogens with one attached hydrogen (secondary N) is 1. The second-order valence-electron chi connectivity index (χ2n) is 5.26. The number of carboxylic acid groups (broad SMARTS) is 1. The maximum Gasteiger partial charge on any atom is 0.352 e. The third-order valence-corrected chi connectivity index (χ3v) is 4.31. The average Bonchev–Trinajstić information content (AvgIpc) is 2.75. The highest BCUT2D eigenvalue weighted by Crippen LogP contribution is 2.66. The van der Waals surface area contributed by atoms with Gasteiger partial charge in [0.05, 0.1) is 0 Å². The van der Waals surface area contributed by atoms with E-state index < -0.39 is 5.97 Å². The number of rotatable bonds is 2. The number of aromatic carboxylic acids is 1. The monoisotopic (exact) mass is 239 g/mol. The van der Waals surface area contributed by atoms with Crippen molar-refractivity contribution < 1.29 is 9.90 Å². The number of aromatic nitrogens is 1. The first-order valence-corrected chi connectivity index (χ1v) is 6.25. The minimum atomic E-state index is -0.863. The fraction of sp³-hybridized carbons (Fsp3) is 0.267. The highest BCUT2D eigenvalue weighted by Gasteiger charge is 2.57. The van der Waals surface area contributed by atoms with Crippen LogP contribution in [0.3, 0.4) is 0 Å². The van der Waals surface area contributed by atoms with Crippen molar-refractivity contribution in [2.75, 3.05) is 0 Å². The van der Waals surface area contributed by atoms with E-state index in [1.165, 1.54) is 11.1 Å². The minimum Gasteiger partial charge on any atom is -0.477 e. The molecule has 90 valence electrons. The van der Waals surface area contributed by atoms with Crippen molar-refractivity contribution in [1.29, 1.82) is 0 Å². The summed E-state index contributed by atoms with van der Waals surface area (Å²) in [5.74, 6) is 0.906. The van der Waals surface area contributed by atoms with Crippen molar-refractivity contribution in [2.45, 2.75) is 18.3 Å². The van der Waals surface area contributed by atoms with E-state index in [0.29, 0.717) is 23.4 Å². The van der Waals surface area contributed by atoms with Gasteiger partial charge < -0.3 is 10.1 Å². The van der Waals surface area contributed by atoms with Gasteiger partial charge in [0, 0.05) is 11.6 Å². The molecule has 3 atom stereocenters. The summed E-state index contributed by atoms with van der Waals surface area (Å²) in [7, 11) is 0. The SMILES string of the molecule is O=C(O)c1cc2c([nH]1)[C@H]1[C@@H](C2)[C@H]1c1ccccc1. The number of fused-ring (bicyclic) bond motifs is 3. The standard InChI is InChI=1S/C15H13NO2/c17-15(18)11-7-9-6-10-12(13(10)14(9)16-11)8-4-2-1-3-5-8/h1-5,7,10,12-13,16H,6H2,(H,17,18)/t10-,12+,13-/m0/s1. The van der Waals surface area contributed by atoms with Crippen LogP contribution in [-0.2, 0) is 6.42 Å². The van der Waals surface area contributed by atoms with Gasteiger partial charge in [-0.3, -0.25) is 0 Å². The van der Waals surface area contributed by atoms with Gasteiger partial charge in [-0.15, -0.1) is 0 Å². The summed E-state index contributed by atoms with van der Waals surface area (Å²) in [6, 6.07) is 12.3. The topological polar surface area (TPSA) is 53.1 Å². The molecule has 0 unspecified atom stereocenters. The predicted molar refractivity (Wildman–Crippen MR) is 66.9 cm³/mol. The molecule has 1 saturated carbocycles. The average molecular weight is 239 g/mol. The number of H-pyrrole nitrogens is 1. The lowest BCUT2D eigenvalue weighted by atomic mass is 10.0. The van der Waals surface area contributed by atoms with Gasteiger partial charge in [0.25, 0.3) is 0 Å². The zero-order chi connectivity index (χ0) is 12.3. The van der Waals surface area contributed by atoms with E-state index in [4.69, 9.17) is 5.11 Å². The maximum atomic E-state index is 10.9. The molecular formula is C15H13NO2. The van der Waals surface area contributed by atoms with Crippen molar-refractivity contribution >= 4 is 5.97 Å². The van der Waals surface area contributed by atoms with E-state index in [1.807, 2.05) is 6.07 Å². The number of aromatic amines is 1. The summed E-state index contributed by atoms with van der Waals surface area (Å²) < 4.78 is 0. The zero-order valence-electron chi connectivity index (χ0n) is 9.76. The Morgan fingerprint density at radius 3 is 2.72 bits per heavy atom. The molecule has 0 radical (unpaired) electrons. The fourth-order valence-corrected chi connectivity index (χ4v) is 3.50. The molecule has 4 rings (SSSR count). The zero-order valence-corrected chi connectivity index (χ0v) is 9.76. The molecule has 0 spiro atoms. The van der Waals surface area contributed by atoms with E-state index >= 15 is 0 Å².